The Morgan fingerprint density at radius 2 is 1.77 bits per heavy atom. The van der Waals surface area contributed by atoms with Crippen LogP contribution in [0.4, 0.5) is 0 Å². The maximum Gasteiger partial charge on any atom is 0.0477 e. The molecular formula is C11H25NO. The highest BCUT2D eigenvalue weighted by molar-refractivity contribution is 4.71. The van der Waals surface area contributed by atoms with E-state index in [-0.39, 0.29) is 0 Å². The third-order valence-electron chi connectivity index (χ3n) is 2.95. The van der Waals surface area contributed by atoms with Crippen LogP contribution in [0, 0.1) is 0 Å². The van der Waals surface area contributed by atoms with Gasteiger partial charge >= 0.3 is 0 Å². The molecule has 0 radical (unpaired) electrons. The minimum atomic E-state index is 0.629. The van der Waals surface area contributed by atoms with Crippen molar-refractivity contribution >= 4 is 0 Å². The summed E-state index contributed by atoms with van der Waals surface area (Å²) in [6, 6.07) is 1.36. The minimum absolute atomic E-state index is 0.629. The van der Waals surface area contributed by atoms with Crippen LogP contribution >= 0.6 is 0 Å². The van der Waals surface area contributed by atoms with Crippen LogP contribution in [-0.4, -0.2) is 37.7 Å². The number of hydrogen-bond donors (Lipinski definition) is 0. The highest BCUT2D eigenvalue weighted by Crippen LogP contribution is 2.11. The zero-order valence-corrected chi connectivity index (χ0v) is 9.84. The summed E-state index contributed by atoms with van der Waals surface area (Å²) in [7, 11) is 3.99. The Balaban J connectivity index is 3.83. The van der Waals surface area contributed by atoms with Crippen molar-refractivity contribution in [1.82, 2.24) is 4.90 Å². The van der Waals surface area contributed by atoms with Crippen molar-refractivity contribution in [1.29, 1.82) is 0 Å². The molecule has 0 aliphatic rings. The van der Waals surface area contributed by atoms with E-state index in [9.17, 15) is 0 Å². The fraction of sp³-hybridized carbons (Fsp3) is 1.00. The predicted molar refractivity (Wildman–Crippen MR) is 58.1 cm³/mol. The first-order valence-electron chi connectivity index (χ1n) is 5.38. The monoisotopic (exact) mass is 187 g/mol. The Bertz CT molecular complexity index is 113. The Kier molecular flexibility index (Phi) is 7.29. The van der Waals surface area contributed by atoms with Gasteiger partial charge in [0.2, 0.25) is 0 Å². The summed E-state index contributed by atoms with van der Waals surface area (Å²) in [5.41, 5.74) is 0. The fourth-order valence-electron chi connectivity index (χ4n) is 1.72. The molecule has 0 amide bonds. The van der Waals surface area contributed by atoms with Gasteiger partial charge in [0.25, 0.3) is 0 Å². The second-order valence-electron chi connectivity index (χ2n) is 3.77. The van der Waals surface area contributed by atoms with Crippen LogP contribution in [0.1, 0.15) is 40.0 Å². The first-order chi connectivity index (χ1) is 6.17. The zero-order valence-electron chi connectivity index (χ0n) is 9.84. The summed E-state index contributed by atoms with van der Waals surface area (Å²) < 4.78 is 5.08. The van der Waals surface area contributed by atoms with Gasteiger partial charge in [0.15, 0.2) is 0 Å². The first-order valence-corrected chi connectivity index (χ1v) is 5.38. The summed E-state index contributed by atoms with van der Waals surface area (Å²) in [4.78, 5) is 2.47. The van der Waals surface area contributed by atoms with Crippen LogP contribution in [0.2, 0.25) is 0 Å². The highest BCUT2D eigenvalue weighted by Gasteiger charge is 2.15. The molecule has 0 bridgehead atoms. The van der Waals surface area contributed by atoms with E-state index >= 15 is 0 Å². The van der Waals surface area contributed by atoms with Crippen LogP contribution < -0.4 is 0 Å². The average Bonchev–Trinajstić information content (AvgIpc) is 2.15. The Hall–Kier alpha value is -0.0800. The van der Waals surface area contributed by atoms with Crippen LogP contribution in [-0.2, 0) is 4.74 Å². The molecule has 0 N–H and O–H groups in total. The molecule has 0 spiro atoms. The van der Waals surface area contributed by atoms with E-state index in [2.05, 4.69) is 32.7 Å². The maximum absolute atomic E-state index is 5.08. The largest absolute Gasteiger partial charge is 0.385 e. The third kappa shape index (κ3) is 4.63. The number of hydrogen-bond acceptors (Lipinski definition) is 2. The molecule has 1 unspecified atom stereocenters. The van der Waals surface area contributed by atoms with Gasteiger partial charge in [0.1, 0.15) is 0 Å². The number of ether oxygens (including phenoxy) is 1. The number of nitrogens with zero attached hydrogens (tertiary/aromatic N) is 1. The van der Waals surface area contributed by atoms with E-state index < -0.39 is 0 Å². The number of methoxy groups -OCH3 is 1. The molecule has 80 valence electrons. The highest BCUT2D eigenvalue weighted by atomic mass is 16.5. The van der Waals surface area contributed by atoms with Crippen LogP contribution in [0.3, 0.4) is 0 Å². The minimum Gasteiger partial charge on any atom is -0.385 e. The quantitative estimate of drug-likeness (QED) is 0.607. The topological polar surface area (TPSA) is 12.5 Å². The van der Waals surface area contributed by atoms with Gasteiger partial charge in [-0.1, -0.05) is 13.8 Å². The van der Waals surface area contributed by atoms with Crippen LogP contribution in [0.25, 0.3) is 0 Å². The van der Waals surface area contributed by atoms with Crippen molar-refractivity contribution in [2.75, 3.05) is 20.8 Å². The van der Waals surface area contributed by atoms with Gasteiger partial charge < -0.3 is 9.64 Å². The Labute approximate surface area is 83.3 Å². The van der Waals surface area contributed by atoms with Crippen molar-refractivity contribution < 1.29 is 4.74 Å². The molecule has 2 nitrogen and oxygen atoms in total. The summed E-state index contributed by atoms with van der Waals surface area (Å²) in [5, 5.41) is 0. The van der Waals surface area contributed by atoms with Crippen molar-refractivity contribution in [3.63, 3.8) is 0 Å². The lowest BCUT2D eigenvalue weighted by Gasteiger charge is -2.31. The molecule has 2 heteroatoms. The lowest BCUT2D eigenvalue weighted by atomic mass is 10.1. The van der Waals surface area contributed by atoms with Crippen molar-refractivity contribution in [3.05, 3.63) is 0 Å². The van der Waals surface area contributed by atoms with Gasteiger partial charge in [-0.05, 0) is 33.2 Å². The molecule has 0 fully saturated rings. The second-order valence-corrected chi connectivity index (χ2v) is 3.77. The van der Waals surface area contributed by atoms with Gasteiger partial charge in [-0.15, -0.1) is 0 Å². The lowest BCUT2D eigenvalue weighted by molar-refractivity contribution is 0.123. The van der Waals surface area contributed by atoms with Gasteiger partial charge in [-0.3, -0.25) is 0 Å². The summed E-state index contributed by atoms with van der Waals surface area (Å²) >= 11 is 0. The molecule has 0 saturated carbocycles. The van der Waals surface area contributed by atoms with E-state index in [0.717, 1.165) is 19.1 Å². The maximum atomic E-state index is 5.08. The van der Waals surface area contributed by atoms with E-state index in [1.807, 2.05) is 0 Å². The molecule has 0 rings (SSSR count). The molecule has 0 aromatic heterocycles. The predicted octanol–water partition coefficient (Wildman–Crippen LogP) is 2.53. The molecule has 1 atom stereocenters. The molecule has 0 heterocycles. The molecule has 0 aromatic carbocycles. The van der Waals surface area contributed by atoms with Gasteiger partial charge in [0.05, 0.1) is 0 Å². The molecule has 0 aliphatic heterocycles. The smallest absolute Gasteiger partial charge is 0.0477 e. The molecule has 13 heavy (non-hydrogen) atoms. The summed E-state index contributed by atoms with van der Waals surface area (Å²) in [5.74, 6) is 0. The average molecular weight is 187 g/mol. The van der Waals surface area contributed by atoms with Gasteiger partial charge in [0, 0.05) is 25.8 Å². The fourth-order valence-corrected chi connectivity index (χ4v) is 1.72. The van der Waals surface area contributed by atoms with Crippen molar-refractivity contribution in [2.24, 2.45) is 0 Å². The van der Waals surface area contributed by atoms with Crippen molar-refractivity contribution in [2.45, 2.75) is 52.1 Å². The van der Waals surface area contributed by atoms with E-state index in [1.54, 1.807) is 7.11 Å². The molecule has 0 aliphatic carbocycles. The third-order valence-corrected chi connectivity index (χ3v) is 2.95. The van der Waals surface area contributed by atoms with E-state index in [0.29, 0.717) is 6.04 Å². The Morgan fingerprint density at radius 1 is 1.23 bits per heavy atom. The van der Waals surface area contributed by atoms with E-state index in [4.69, 9.17) is 4.74 Å². The Morgan fingerprint density at radius 3 is 2.15 bits per heavy atom. The molecular weight excluding hydrogens is 162 g/mol. The van der Waals surface area contributed by atoms with Gasteiger partial charge in [-0.2, -0.15) is 0 Å². The van der Waals surface area contributed by atoms with E-state index in [1.165, 1.54) is 12.8 Å². The van der Waals surface area contributed by atoms with Crippen LogP contribution in [0.5, 0.6) is 0 Å². The second kappa shape index (κ2) is 7.34. The number of rotatable bonds is 7. The molecule has 0 saturated heterocycles. The standard InChI is InChI=1S/C11H25NO/c1-6-11(7-2)12(4)10(3)8-9-13-5/h10-11H,6-9H2,1-5H3. The SMILES string of the molecule is CCC(CC)N(C)C(C)CCOC. The van der Waals surface area contributed by atoms with Gasteiger partial charge in [-0.25, -0.2) is 0 Å². The first kappa shape index (κ1) is 12.9. The molecule has 0 aromatic rings. The zero-order chi connectivity index (χ0) is 10.3. The van der Waals surface area contributed by atoms with Crippen molar-refractivity contribution in [3.8, 4) is 0 Å². The van der Waals surface area contributed by atoms with Crippen LogP contribution in [0.15, 0.2) is 0 Å². The summed E-state index contributed by atoms with van der Waals surface area (Å²) in [6.45, 7) is 7.66. The summed E-state index contributed by atoms with van der Waals surface area (Å²) in [6.07, 6.45) is 3.61. The normalized spacial score (nSPS) is 14.1. The lowest BCUT2D eigenvalue weighted by Crippen LogP contribution is -2.38.